The average molecular weight is 1750 g/mol. The molecule has 628 valence electrons. The molecule has 4 fully saturated rings. The van der Waals surface area contributed by atoms with Gasteiger partial charge in [-0.3, -0.25) is 33.8 Å². The van der Waals surface area contributed by atoms with Crippen molar-refractivity contribution >= 4 is 155 Å². The fourth-order valence-electron chi connectivity index (χ4n) is 12.3. The van der Waals surface area contributed by atoms with E-state index in [-0.39, 0.29) is 73.1 Å². The van der Waals surface area contributed by atoms with Gasteiger partial charge in [-0.1, -0.05) is 73.1 Å². The summed E-state index contributed by atoms with van der Waals surface area (Å²) in [5, 5.41) is 12.9. The smallest absolute Gasteiger partial charge is 0.350 e. The van der Waals surface area contributed by atoms with Gasteiger partial charge in [0.05, 0.1) is 75.6 Å². The number of nitrogens with one attached hydrogen (secondary N) is 1. The maximum Gasteiger partial charge on any atom is 0.350 e. The molecule has 0 aromatic carbocycles. The van der Waals surface area contributed by atoms with Gasteiger partial charge in [-0.25, -0.2) is 24.0 Å². The zero-order valence-corrected chi connectivity index (χ0v) is 78.0. The van der Waals surface area contributed by atoms with E-state index in [1.807, 2.05) is 110 Å². The number of anilines is 4. The largest absolute Gasteiger partial charge is 0.477 e. The van der Waals surface area contributed by atoms with Gasteiger partial charge in [0.25, 0.3) is 11.8 Å². The Morgan fingerprint density at radius 1 is 0.491 bits per heavy atom. The van der Waals surface area contributed by atoms with Crippen molar-refractivity contribution < 1.29 is 72.0 Å². The number of aromatic carboxylic acids is 1. The highest BCUT2D eigenvalue weighted by Crippen LogP contribution is 2.46. The van der Waals surface area contributed by atoms with Gasteiger partial charge in [0.15, 0.2) is 0 Å². The van der Waals surface area contributed by atoms with E-state index in [2.05, 4.69) is 104 Å². The van der Waals surface area contributed by atoms with Crippen LogP contribution in [-0.4, -0.2) is 165 Å². The Balaban J connectivity index is 0.000000266. The molecule has 2 spiro atoms. The van der Waals surface area contributed by atoms with Gasteiger partial charge in [-0.15, -0.1) is 56.7 Å². The average Bonchev–Trinajstić information content (AvgIpc) is 1.08. The van der Waals surface area contributed by atoms with Gasteiger partial charge in [-0.2, -0.15) is 0 Å². The Kier molecular flexibility index (Phi) is 33.7. The molecule has 0 unspecified atom stereocenters. The van der Waals surface area contributed by atoms with Crippen LogP contribution in [0.2, 0.25) is 0 Å². The molecule has 4 N–H and O–H groups in total. The molecule has 5 aromatic heterocycles. The van der Waals surface area contributed by atoms with Crippen LogP contribution in [0.1, 0.15) is 263 Å². The second kappa shape index (κ2) is 40.0. The van der Waals surface area contributed by atoms with Crippen molar-refractivity contribution in [3.8, 4) is 59.2 Å². The number of ether oxygens (including phenoxy) is 4. The summed E-state index contributed by atoms with van der Waals surface area (Å²) in [4.78, 5) is 138. The number of hydrogen-bond acceptors (Lipinski definition) is 21. The van der Waals surface area contributed by atoms with Crippen LogP contribution in [0.5, 0.6) is 0 Å². The number of nitrogens with zero attached hydrogens (tertiary/aromatic N) is 5. The molecular formula is C88H114BrN7O15S5. The molecule has 3 atom stereocenters. The first-order valence-corrected chi connectivity index (χ1v) is 42.9. The summed E-state index contributed by atoms with van der Waals surface area (Å²) in [5.41, 5.74) is 4.98. The summed E-state index contributed by atoms with van der Waals surface area (Å²) in [6.07, 6.45) is 5.97. The van der Waals surface area contributed by atoms with Crippen LogP contribution in [-0.2, 0) is 42.9 Å². The van der Waals surface area contributed by atoms with Crippen molar-refractivity contribution in [1.29, 1.82) is 0 Å². The number of carboxylic acids is 1. The van der Waals surface area contributed by atoms with Crippen LogP contribution in [0.4, 0.5) is 22.7 Å². The first kappa shape index (κ1) is 97.7. The van der Waals surface area contributed by atoms with Crippen molar-refractivity contribution in [3.63, 3.8) is 0 Å². The maximum absolute atomic E-state index is 13.9. The predicted molar refractivity (Wildman–Crippen MR) is 470 cm³/mol. The molecule has 5 aromatic rings. The number of amides is 5. The monoisotopic (exact) mass is 1750 g/mol. The first-order chi connectivity index (χ1) is 53.5. The topological polar surface area (TPSA) is 282 Å². The lowest BCUT2D eigenvalue weighted by atomic mass is 9.73. The number of carbonyl (C=O) groups excluding carboxylic acids is 9. The SMILES string of the molecule is CC1CCC2(CC1)C(=O)N(c1cc(C#CC(C)(C)C)sc1C(=O)O)[C@H](C)C(=O)N2C.COC(=O)c1sc(C#CC(C)(C)C)cc1Br.COC(=O)c1sc(C#CC(C)(C)C)cc1N.COC(=O)c1sc(C#CC(C)(C)C)cc1N1C(=O)C2(CCC(C)CC2)N(C)C(=O)[C@H]1C.COC(=O)c1sc(C#CC(C)(C)C)cc1N[C@H](C)C(=O)N(C)C. The Bertz CT molecular complexity index is 4740. The van der Waals surface area contributed by atoms with Gasteiger partial charge < -0.3 is 49.8 Å². The number of piperazine rings is 2. The van der Waals surface area contributed by atoms with Crippen LogP contribution in [0.25, 0.3) is 0 Å². The van der Waals surface area contributed by atoms with Crippen molar-refractivity contribution in [3.05, 3.63) is 83.6 Å². The number of carboxylic acid groups (broad SMARTS) is 1. The normalized spacial score (nSPS) is 19.5. The lowest BCUT2D eigenvalue weighted by Crippen LogP contribution is -2.71. The van der Waals surface area contributed by atoms with Crippen LogP contribution in [0.15, 0.2) is 34.8 Å². The summed E-state index contributed by atoms with van der Waals surface area (Å²) in [6.45, 7) is 39.7. The summed E-state index contributed by atoms with van der Waals surface area (Å²) in [5.74, 6) is 28.5. The molecule has 2 saturated carbocycles. The second-order valence-corrected chi connectivity index (χ2v) is 40.6. The molecule has 0 radical (unpaired) electrons. The molecule has 9 rings (SSSR count). The molecule has 7 heterocycles. The molecule has 0 bridgehead atoms. The van der Waals surface area contributed by atoms with Crippen LogP contribution < -0.4 is 20.9 Å². The lowest BCUT2D eigenvalue weighted by molar-refractivity contribution is -0.154. The third-order valence-electron chi connectivity index (χ3n) is 18.7. The Hall–Kier alpha value is -8.92. The van der Waals surface area contributed by atoms with E-state index < -0.39 is 53.1 Å². The summed E-state index contributed by atoms with van der Waals surface area (Å²) >= 11 is 9.43. The molecule has 2 aliphatic carbocycles. The number of esters is 4. The number of carbonyl (C=O) groups is 10. The summed E-state index contributed by atoms with van der Waals surface area (Å²) < 4.78 is 19.8. The van der Waals surface area contributed by atoms with Gasteiger partial charge in [0, 0.05) is 59.7 Å². The summed E-state index contributed by atoms with van der Waals surface area (Å²) in [6, 6.07) is 6.82. The van der Waals surface area contributed by atoms with E-state index in [0.717, 1.165) is 56.1 Å². The Morgan fingerprint density at radius 3 is 1.14 bits per heavy atom. The van der Waals surface area contributed by atoms with Crippen molar-refractivity contribution in [2.45, 2.75) is 219 Å². The van der Waals surface area contributed by atoms with Crippen molar-refractivity contribution in [2.24, 2.45) is 38.9 Å². The molecule has 2 saturated heterocycles. The third-order valence-corrected chi connectivity index (χ3v) is 24.7. The minimum atomic E-state index is -1.11. The number of halogens is 1. The fourth-order valence-corrected chi connectivity index (χ4v) is 17.4. The number of hydrogen-bond donors (Lipinski definition) is 3. The van der Waals surface area contributed by atoms with E-state index in [4.69, 9.17) is 15.2 Å². The minimum absolute atomic E-state index is 0.0398. The Morgan fingerprint density at radius 2 is 0.784 bits per heavy atom. The van der Waals surface area contributed by atoms with E-state index >= 15 is 0 Å². The van der Waals surface area contributed by atoms with Gasteiger partial charge in [-0.05, 0) is 234 Å². The zero-order chi connectivity index (χ0) is 88.0. The molecule has 2 aliphatic heterocycles. The van der Waals surface area contributed by atoms with Crippen LogP contribution >= 0.6 is 72.6 Å². The van der Waals surface area contributed by atoms with E-state index in [1.165, 1.54) is 88.5 Å². The highest BCUT2D eigenvalue weighted by atomic mass is 79.9. The first-order valence-electron chi connectivity index (χ1n) is 38.0. The van der Waals surface area contributed by atoms with E-state index in [1.54, 1.807) is 83.0 Å². The van der Waals surface area contributed by atoms with Crippen molar-refractivity contribution in [2.75, 3.05) is 77.5 Å². The number of nitrogen functional groups attached to an aromatic ring is 1. The number of nitrogens with two attached hydrogens (primary N) is 1. The van der Waals surface area contributed by atoms with Gasteiger partial charge in [0.2, 0.25) is 17.7 Å². The van der Waals surface area contributed by atoms with E-state index in [9.17, 15) is 53.1 Å². The third kappa shape index (κ3) is 26.0. The van der Waals surface area contributed by atoms with Crippen LogP contribution in [0, 0.1) is 98.1 Å². The predicted octanol–water partition coefficient (Wildman–Crippen LogP) is 17.1. The molecule has 22 nitrogen and oxygen atoms in total. The maximum atomic E-state index is 13.9. The number of thiophene rings is 5. The minimum Gasteiger partial charge on any atom is -0.477 e. The highest BCUT2D eigenvalue weighted by molar-refractivity contribution is 9.10. The molecule has 4 aliphatic rings. The number of rotatable bonds is 10. The Labute approximate surface area is 714 Å². The lowest BCUT2D eigenvalue weighted by Gasteiger charge is -2.52. The van der Waals surface area contributed by atoms with Gasteiger partial charge in [0.1, 0.15) is 53.6 Å². The van der Waals surface area contributed by atoms with Crippen molar-refractivity contribution in [1.82, 2.24) is 14.7 Å². The number of likely N-dealkylation sites (N-methyl/N-ethyl adjacent to an activating group) is 3. The quantitative estimate of drug-likeness (QED) is 0.0665. The molecular weight excluding hydrogens is 1640 g/mol. The molecule has 116 heavy (non-hydrogen) atoms. The molecule has 28 heteroatoms. The fraction of sp³-hybridized carbons (Fsp3) is 0.545. The van der Waals surface area contributed by atoms with Crippen LogP contribution in [0.3, 0.4) is 0 Å². The standard InChI is InChI=1S/C24H32N2O4S.C23H30N2O4S.C17H24N2O3S.C12H13BrO2S.C12H15NO2S/c1-15-8-12-24(13-9-15)22(29)26(16(2)20(27)25(24)6)18-14-17(10-11-23(3,4)5)31-19(18)21(28)30-7;1-14-7-11-23(12-8-14)21(29)25(15(2)19(26)24(23)6)17-13-16(9-10-22(3,4)5)30-18(17)20(27)28;1-11(15(20)19(5)6)18-13-10-12(8-9-17(2,3)4)23-14(13)16(21)22-7;2*1-12(2,3)6-5-8-7-9(13)10(16-8)11(14)15-4/h14-16H,8-9,12-13H2,1-7H3;13-15H,7-8,11-12H2,1-6H3,(H,27,28);10-11,18H,1-7H3;7H,1-4H3;7H,13H2,1-4H3/t15?,16-,24?;14?,15-,23?;11-;;/m111../s1. The summed E-state index contributed by atoms with van der Waals surface area (Å²) in [7, 11) is 12.2. The second-order valence-electron chi connectivity index (χ2n) is 34.5. The highest BCUT2D eigenvalue weighted by Gasteiger charge is 2.57. The zero-order valence-electron chi connectivity index (χ0n) is 72.3. The molecule has 5 amide bonds. The van der Waals surface area contributed by atoms with Gasteiger partial charge >= 0.3 is 29.8 Å². The number of methoxy groups -OCH3 is 4. The van der Waals surface area contributed by atoms with E-state index in [0.29, 0.717) is 83.8 Å².